The lowest BCUT2D eigenvalue weighted by Crippen LogP contribution is -2.54. The van der Waals surface area contributed by atoms with Crippen molar-refractivity contribution < 1.29 is 31.6 Å². The van der Waals surface area contributed by atoms with Crippen LogP contribution in [0.25, 0.3) is 0 Å². The summed E-state index contributed by atoms with van der Waals surface area (Å²) in [5.41, 5.74) is 2.34. The van der Waals surface area contributed by atoms with E-state index in [0.717, 1.165) is 9.91 Å². The zero-order chi connectivity index (χ0) is 16.7. The number of hydrazine groups is 1. The Balaban J connectivity index is 2.09. The molecule has 2 unspecified atom stereocenters. The van der Waals surface area contributed by atoms with Crippen molar-refractivity contribution in [2.24, 2.45) is 0 Å². The van der Waals surface area contributed by atoms with E-state index in [1.807, 2.05) is 0 Å². The highest BCUT2D eigenvalue weighted by Gasteiger charge is 2.49. The highest BCUT2D eigenvalue weighted by molar-refractivity contribution is 7.80. The molecule has 0 aromatic heterocycles. The first-order chi connectivity index (χ1) is 10.1. The van der Waals surface area contributed by atoms with Crippen LogP contribution in [0.2, 0.25) is 0 Å². The van der Waals surface area contributed by atoms with Gasteiger partial charge >= 0.3 is 16.4 Å². The molecule has 11 nitrogen and oxygen atoms in total. The number of hydrogen-bond acceptors (Lipinski definition) is 6. The number of piperidine rings is 1. The molecular formula is C10H16N4O7S. The maximum Gasteiger partial charge on any atom is 0.418 e. The Morgan fingerprint density at radius 3 is 2.59 bits per heavy atom. The van der Waals surface area contributed by atoms with Gasteiger partial charge in [0.05, 0.1) is 6.04 Å². The number of fused-ring (bicyclic) bond motifs is 2. The topological polar surface area (TPSA) is 137 Å². The second-order valence-corrected chi connectivity index (χ2v) is 6.07. The molecule has 2 heterocycles. The molecule has 2 aliphatic heterocycles. The van der Waals surface area contributed by atoms with Gasteiger partial charge in [-0.25, -0.2) is 4.79 Å². The van der Waals surface area contributed by atoms with Crippen LogP contribution in [0.15, 0.2) is 0 Å². The zero-order valence-corrected chi connectivity index (χ0v) is 12.7. The standard InChI is InChI=1S/C10H16N4O7S/c1-6(15)12(2)11-9(16)8-4-3-7-5-13(8)10(17)14(7)21-22(18,19)20/h7-8H,3-5H2,1-2H3,(H,11,16)(H,18,19,20). The maximum atomic E-state index is 12.1. The number of carbonyl (C=O) groups is 3. The predicted octanol–water partition coefficient (Wildman–Crippen LogP) is -1.50. The van der Waals surface area contributed by atoms with Crippen LogP contribution in [0, 0.1) is 0 Å². The van der Waals surface area contributed by atoms with E-state index in [0.29, 0.717) is 11.5 Å². The number of nitrogens with zero attached hydrogens (tertiary/aromatic N) is 3. The van der Waals surface area contributed by atoms with Gasteiger partial charge in [-0.2, -0.15) is 13.5 Å². The monoisotopic (exact) mass is 336 g/mol. The Morgan fingerprint density at radius 2 is 2.05 bits per heavy atom. The van der Waals surface area contributed by atoms with Gasteiger partial charge in [-0.15, -0.1) is 4.28 Å². The number of hydroxylamine groups is 2. The van der Waals surface area contributed by atoms with Gasteiger partial charge < -0.3 is 4.90 Å². The van der Waals surface area contributed by atoms with Gasteiger partial charge in [0.15, 0.2) is 0 Å². The van der Waals surface area contributed by atoms with E-state index in [1.165, 1.54) is 14.0 Å². The van der Waals surface area contributed by atoms with E-state index in [9.17, 15) is 22.8 Å². The Bertz CT molecular complexity index is 606. The van der Waals surface area contributed by atoms with Crippen molar-refractivity contribution in [2.75, 3.05) is 13.6 Å². The van der Waals surface area contributed by atoms with Crippen LogP contribution in [0.4, 0.5) is 4.79 Å². The quantitative estimate of drug-likeness (QED) is 0.472. The second kappa shape index (κ2) is 5.70. The summed E-state index contributed by atoms with van der Waals surface area (Å²) in [6.45, 7) is 1.36. The second-order valence-electron chi connectivity index (χ2n) is 5.06. The molecular weight excluding hydrogens is 320 g/mol. The summed E-state index contributed by atoms with van der Waals surface area (Å²) in [7, 11) is -3.46. The van der Waals surface area contributed by atoms with E-state index in [4.69, 9.17) is 4.55 Å². The molecule has 0 saturated carbocycles. The average molecular weight is 336 g/mol. The molecule has 0 aliphatic carbocycles. The van der Waals surface area contributed by atoms with Gasteiger partial charge in [-0.05, 0) is 12.8 Å². The van der Waals surface area contributed by atoms with Crippen LogP contribution in [0.5, 0.6) is 0 Å². The number of amides is 4. The molecule has 0 aromatic rings. The molecule has 2 aliphatic rings. The summed E-state index contributed by atoms with van der Waals surface area (Å²) < 4.78 is 34.4. The molecule has 2 bridgehead atoms. The van der Waals surface area contributed by atoms with Gasteiger partial charge in [-0.3, -0.25) is 24.6 Å². The molecule has 2 rings (SSSR count). The summed E-state index contributed by atoms with van der Waals surface area (Å²) in [4.78, 5) is 36.4. The van der Waals surface area contributed by atoms with Crippen molar-refractivity contribution in [3.05, 3.63) is 0 Å². The van der Waals surface area contributed by atoms with E-state index in [2.05, 4.69) is 9.71 Å². The molecule has 2 fully saturated rings. The highest BCUT2D eigenvalue weighted by Crippen LogP contribution is 2.30. The summed E-state index contributed by atoms with van der Waals surface area (Å²) >= 11 is 0. The van der Waals surface area contributed by atoms with Gasteiger partial charge in [-0.1, -0.05) is 0 Å². The number of rotatable bonds is 3. The van der Waals surface area contributed by atoms with Crippen molar-refractivity contribution in [3.63, 3.8) is 0 Å². The summed E-state index contributed by atoms with van der Waals surface area (Å²) in [6, 6.07) is -2.24. The molecule has 0 spiro atoms. The van der Waals surface area contributed by atoms with E-state index >= 15 is 0 Å². The molecule has 124 valence electrons. The number of urea groups is 1. The van der Waals surface area contributed by atoms with Crippen molar-refractivity contribution in [1.29, 1.82) is 0 Å². The lowest BCUT2D eigenvalue weighted by Gasteiger charge is -2.30. The van der Waals surface area contributed by atoms with Crippen molar-refractivity contribution in [3.8, 4) is 0 Å². The minimum Gasteiger partial charge on any atom is -0.309 e. The first-order valence-corrected chi connectivity index (χ1v) is 7.78. The molecule has 0 aromatic carbocycles. The molecule has 4 amide bonds. The molecule has 12 heteroatoms. The minimum atomic E-state index is -4.82. The van der Waals surface area contributed by atoms with E-state index in [-0.39, 0.29) is 18.9 Å². The fraction of sp³-hybridized carbons (Fsp3) is 0.700. The van der Waals surface area contributed by atoms with Crippen LogP contribution in [-0.4, -0.2) is 71.5 Å². The van der Waals surface area contributed by atoms with Crippen molar-refractivity contribution in [1.82, 2.24) is 20.4 Å². The van der Waals surface area contributed by atoms with E-state index in [1.54, 1.807) is 0 Å². The molecule has 2 N–H and O–H groups in total. The summed E-state index contributed by atoms with van der Waals surface area (Å²) in [5, 5.41) is 1.54. The Morgan fingerprint density at radius 1 is 1.41 bits per heavy atom. The number of carbonyl (C=O) groups excluding carboxylic acids is 3. The smallest absolute Gasteiger partial charge is 0.309 e. The Hall–Kier alpha value is -1.92. The Labute approximate surface area is 126 Å². The lowest BCUT2D eigenvalue weighted by atomic mass is 10.0. The largest absolute Gasteiger partial charge is 0.418 e. The third-order valence-electron chi connectivity index (χ3n) is 3.55. The molecule has 2 saturated heterocycles. The lowest BCUT2D eigenvalue weighted by molar-refractivity contribution is -0.140. The normalized spacial score (nSPS) is 24.4. The molecule has 22 heavy (non-hydrogen) atoms. The van der Waals surface area contributed by atoms with Gasteiger partial charge in [0.1, 0.15) is 6.04 Å². The van der Waals surface area contributed by atoms with Gasteiger partial charge in [0.2, 0.25) is 5.91 Å². The SMILES string of the molecule is CC(=O)N(C)NC(=O)C1CCC2CN1C(=O)N2OS(=O)(=O)O. The van der Waals surface area contributed by atoms with Crippen LogP contribution in [0.1, 0.15) is 19.8 Å². The summed E-state index contributed by atoms with van der Waals surface area (Å²) in [6.07, 6.45) is 0.596. The third-order valence-corrected chi connectivity index (χ3v) is 3.90. The first-order valence-electron chi connectivity index (χ1n) is 6.42. The minimum absolute atomic E-state index is 0.0935. The van der Waals surface area contributed by atoms with Crippen LogP contribution in [0.3, 0.4) is 0 Å². The fourth-order valence-corrected chi connectivity index (χ4v) is 2.81. The molecule has 0 radical (unpaired) electrons. The highest BCUT2D eigenvalue weighted by atomic mass is 32.3. The Kier molecular flexibility index (Phi) is 4.26. The van der Waals surface area contributed by atoms with Crippen molar-refractivity contribution in [2.45, 2.75) is 31.8 Å². The van der Waals surface area contributed by atoms with Crippen LogP contribution < -0.4 is 5.43 Å². The molecule has 2 atom stereocenters. The van der Waals surface area contributed by atoms with Gasteiger partial charge in [0, 0.05) is 20.5 Å². The zero-order valence-electron chi connectivity index (χ0n) is 11.9. The average Bonchev–Trinajstić information content (AvgIpc) is 2.62. The summed E-state index contributed by atoms with van der Waals surface area (Å²) in [5.74, 6) is -0.940. The fourth-order valence-electron chi connectivity index (χ4n) is 2.42. The first kappa shape index (κ1) is 16.5. The predicted molar refractivity (Wildman–Crippen MR) is 70.0 cm³/mol. The van der Waals surface area contributed by atoms with Crippen LogP contribution >= 0.6 is 0 Å². The number of hydrogen-bond donors (Lipinski definition) is 2. The third kappa shape index (κ3) is 3.28. The maximum absolute atomic E-state index is 12.1. The van der Waals surface area contributed by atoms with E-state index < -0.39 is 34.4 Å². The van der Waals surface area contributed by atoms with Gasteiger partial charge in [0.25, 0.3) is 5.91 Å². The number of nitrogens with one attached hydrogen (secondary N) is 1. The van der Waals surface area contributed by atoms with Crippen LogP contribution in [-0.2, 0) is 24.3 Å². The van der Waals surface area contributed by atoms with Crippen molar-refractivity contribution >= 4 is 28.2 Å².